The van der Waals surface area contributed by atoms with Gasteiger partial charge >= 0.3 is 12.1 Å². The van der Waals surface area contributed by atoms with Crippen LogP contribution in [0.1, 0.15) is 15.9 Å². The number of benzene rings is 1. The van der Waals surface area contributed by atoms with Crippen molar-refractivity contribution in [3.05, 3.63) is 40.9 Å². The summed E-state index contributed by atoms with van der Waals surface area (Å²) in [6.45, 7) is 3.52. The van der Waals surface area contributed by atoms with Gasteiger partial charge in [0.15, 0.2) is 0 Å². The molecule has 0 aliphatic rings. The van der Waals surface area contributed by atoms with Crippen LogP contribution in [0.25, 0.3) is 0 Å². The van der Waals surface area contributed by atoms with E-state index in [1.165, 1.54) is 0 Å². The van der Waals surface area contributed by atoms with Crippen LogP contribution in [-0.2, 0) is 6.18 Å². The molecule has 0 spiro atoms. The average Bonchev–Trinajstić information content (AvgIpc) is 2.24. The molecule has 7 heteroatoms. The molecule has 3 nitrogen and oxygen atoms in total. The molecule has 0 fully saturated rings. The molecule has 0 radical (unpaired) electrons. The number of alkyl halides is 3. The Morgan fingerprint density at radius 2 is 2.06 bits per heavy atom. The van der Waals surface area contributed by atoms with E-state index in [0.717, 1.165) is 12.1 Å². The van der Waals surface area contributed by atoms with Gasteiger partial charge in [-0.3, -0.25) is 0 Å². The van der Waals surface area contributed by atoms with E-state index in [4.69, 9.17) is 16.7 Å². The van der Waals surface area contributed by atoms with E-state index < -0.39 is 23.3 Å². The summed E-state index contributed by atoms with van der Waals surface area (Å²) in [6.07, 6.45) is -4.71. The first kappa shape index (κ1) is 14.4. The van der Waals surface area contributed by atoms with Gasteiger partial charge in [-0.1, -0.05) is 18.2 Å². The summed E-state index contributed by atoms with van der Waals surface area (Å²) in [5, 5.41) is 11.7. The van der Waals surface area contributed by atoms with Crippen molar-refractivity contribution in [1.29, 1.82) is 0 Å². The normalized spacial score (nSPS) is 11.1. The lowest BCUT2D eigenvalue weighted by molar-refractivity contribution is -0.138. The van der Waals surface area contributed by atoms with E-state index in [1.807, 2.05) is 0 Å². The molecule has 0 amide bonds. The van der Waals surface area contributed by atoms with Crippen LogP contribution < -0.4 is 5.32 Å². The smallest absolute Gasteiger partial charge is 0.417 e. The molecule has 0 saturated carbocycles. The maximum Gasteiger partial charge on any atom is 0.417 e. The van der Waals surface area contributed by atoms with Gasteiger partial charge in [0.05, 0.1) is 17.7 Å². The Bertz CT molecular complexity index is 486. The highest BCUT2D eigenvalue weighted by molar-refractivity contribution is 6.29. The number of nitrogens with one attached hydrogen (secondary N) is 1. The zero-order chi connectivity index (χ0) is 13.9. The topological polar surface area (TPSA) is 49.3 Å². The van der Waals surface area contributed by atoms with Crippen LogP contribution >= 0.6 is 11.6 Å². The van der Waals surface area contributed by atoms with Crippen molar-refractivity contribution in [1.82, 2.24) is 0 Å². The molecule has 1 aromatic carbocycles. The standard InChI is InChI=1S/C11H9ClF3NO2/c1-6(12)5-16-7-2-3-9(11(13,14)15)8(4-7)10(17)18/h2-4,16H,1,5H2,(H,17,18). The van der Waals surface area contributed by atoms with Gasteiger partial charge in [0.1, 0.15) is 0 Å². The zero-order valence-electron chi connectivity index (χ0n) is 9.01. The highest BCUT2D eigenvalue weighted by atomic mass is 35.5. The minimum absolute atomic E-state index is 0.131. The fourth-order valence-corrected chi connectivity index (χ4v) is 1.34. The van der Waals surface area contributed by atoms with E-state index in [9.17, 15) is 18.0 Å². The molecular weight excluding hydrogens is 271 g/mol. The number of hydrogen-bond acceptors (Lipinski definition) is 2. The molecular formula is C11H9ClF3NO2. The third kappa shape index (κ3) is 3.66. The summed E-state index contributed by atoms with van der Waals surface area (Å²) in [4.78, 5) is 10.8. The lowest BCUT2D eigenvalue weighted by Crippen LogP contribution is -2.13. The van der Waals surface area contributed by atoms with Crippen molar-refractivity contribution >= 4 is 23.3 Å². The van der Waals surface area contributed by atoms with E-state index in [1.54, 1.807) is 0 Å². The van der Waals surface area contributed by atoms with Crippen LogP contribution in [0.3, 0.4) is 0 Å². The second-order valence-electron chi connectivity index (χ2n) is 3.43. The minimum Gasteiger partial charge on any atom is -0.478 e. The maximum absolute atomic E-state index is 12.5. The Labute approximate surface area is 106 Å². The Morgan fingerprint density at radius 1 is 1.44 bits per heavy atom. The number of carbonyl (C=O) groups is 1. The van der Waals surface area contributed by atoms with Gasteiger partial charge in [-0.2, -0.15) is 13.2 Å². The molecule has 18 heavy (non-hydrogen) atoms. The minimum atomic E-state index is -4.71. The van der Waals surface area contributed by atoms with E-state index in [2.05, 4.69) is 11.9 Å². The highest BCUT2D eigenvalue weighted by Crippen LogP contribution is 2.33. The van der Waals surface area contributed by atoms with E-state index in [0.29, 0.717) is 6.07 Å². The van der Waals surface area contributed by atoms with Crippen LogP contribution in [-0.4, -0.2) is 17.6 Å². The van der Waals surface area contributed by atoms with Gasteiger partial charge in [0.2, 0.25) is 0 Å². The lowest BCUT2D eigenvalue weighted by atomic mass is 10.1. The fourth-order valence-electron chi connectivity index (χ4n) is 1.28. The third-order valence-corrected chi connectivity index (χ3v) is 2.17. The van der Waals surface area contributed by atoms with Gasteiger partial charge < -0.3 is 10.4 Å². The monoisotopic (exact) mass is 279 g/mol. The number of carboxylic acid groups (broad SMARTS) is 1. The van der Waals surface area contributed by atoms with Crippen LogP contribution in [0.2, 0.25) is 0 Å². The third-order valence-electron chi connectivity index (χ3n) is 2.04. The number of halogens is 4. The molecule has 2 N–H and O–H groups in total. The van der Waals surface area contributed by atoms with Gasteiger partial charge in [0.25, 0.3) is 0 Å². The Morgan fingerprint density at radius 3 is 2.50 bits per heavy atom. The Hall–Kier alpha value is -1.69. The van der Waals surface area contributed by atoms with Crippen molar-refractivity contribution in [2.45, 2.75) is 6.18 Å². The first-order valence-corrected chi connectivity index (χ1v) is 5.11. The van der Waals surface area contributed by atoms with Gasteiger partial charge in [-0.25, -0.2) is 4.79 Å². The summed E-state index contributed by atoms with van der Waals surface area (Å²) in [7, 11) is 0. The number of anilines is 1. The van der Waals surface area contributed by atoms with Crippen LogP contribution in [0, 0.1) is 0 Å². The maximum atomic E-state index is 12.5. The fraction of sp³-hybridized carbons (Fsp3) is 0.182. The van der Waals surface area contributed by atoms with Crippen molar-refractivity contribution in [3.63, 3.8) is 0 Å². The average molecular weight is 280 g/mol. The zero-order valence-corrected chi connectivity index (χ0v) is 9.77. The van der Waals surface area contributed by atoms with E-state index >= 15 is 0 Å². The SMILES string of the molecule is C=C(Cl)CNc1ccc(C(F)(F)F)c(C(=O)O)c1. The summed E-state index contributed by atoms with van der Waals surface area (Å²) < 4.78 is 37.6. The number of rotatable bonds is 4. The van der Waals surface area contributed by atoms with Crippen LogP contribution in [0.15, 0.2) is 29.8 Å². The molecule has 1 rings (SSSR count). The predicted octanol–water partition coefficient (Wildman–Crippen LogP) is 3.57. The van der Waals surface area contributed by atoms with Crippen molar-refractivity contribution in [2.24, 2.45) is 0 Å². The number of carboxylic acids is 1. The largest absolute Gasteiger partial charge is 0.478 e. The molecule has 0 aliphatic carbocycles. The molecule has 0 unspecified atom stereocenters. The summed E-state index contributed by atoms with van der Waals surface area (Å²) >= 11 is 5.48. The van der Waals surface area contributed by atoms with E-state index in [-0.39, 0.29) is 17.3 Å². The predicted molar refractivity (Wildman–Crippen MR) is 61.9 cm³/mol. The summed E-state index contributed by atoms with van der Waals surface area (Å²) in [5.74, 6) is -1.64. The van der Waals surface area contributed by atoms with Crippen molar-refractivity contribution in [2.75, 3.05) is 11.9 Å². The summed E-state index contributed by atoms with van der Waals surface area (Å²) in [6, 6.07) is 2.75. The first-order chi connectivity index (χ1) is 8.21. The molecule has 1 aromatic rings. The number of aromatic carboxylic acids is 1. The Balaban J connectivity index is 3.12. The Kier molecular flexibility index (Phi) is 4.24. The van der Waals surface area contributed by atoms with Crippen molar-refractivity contribution < 1.29 is 23.1 Å². The molecule has 0 atom stereocenters. The second-order valence-corrected chi connectivity index (χ2v) is 3.97. The molecule has 0 heterocycles. The van der Waals surface area contributed by atoms with Gasteiger partial charge in [0, 0.05) is 10.7 Å². The van der Waals surface area contributed by atoms with Crippen LogP contribution in [0.4, 0.5) is 18.9 Å². The molecule has 0 aliphatic heterocycles. The van der Waals surface area contributed by atoms with Crippen molar-refractivity contribution in [3.8, 4) is 0 Å². The molecule has 0 aromatic heterocycles. The highest BCUT2D eigenvalue weighted by Gasteiger charge is 2.35. The molecule has 0 saturated heterocycles. The van der Waals surface area contributed by atoms with Gasteiger partial charge in [-0.05, 0) is 18.2 Å². The lowest BCUT2D eigenvalue weighted by Gasteiger charge is -2.12. The second kappa shape index (κ2) is 5.30. The van der Waals surface area contributed by atoms with Crippen LogP contribution in [0.5, 0.6) is 0 Å². The molecule has 98 valence electrons. The number of hydrogen-bond donors (Lipinski definition) is 2. The molecule has 0 bridgehead atoms. The van der Waals surface area contributed by atoms with Gasteiger partial charge in [-0.15, -0.1) is 0 Å². The first-order valence-electron chi connectivity index (χ1n) is 4.73. The summed E-state index contributed by atoms with van der Waals surface area (Å²) in [5.41, 5.74) is -1.78. The quantitative estimate of drug-likeness (QED) is 0.886.